The molecule has 0 aliphatic rings. The lowest BCUT2D eigenvalue weighted by molar-refractivity contribution is -0.0498. The number of nitrogens with zero attached hydrogens (tertiary/aromatic N) is 1. The van der Waals surface area contributed by atoms with Gasteiger partial charge < -0.3 is 15.8 Å². The molecule has 9 heteroatoms. The number of benzene rings is 2. The lowest BCUT2D eigenvalue weighted by atomic mass is 10.1. The number of ether oxygens (including phenoxy) is 1. The summed E-state index contributed by atoms with van der Waals surface area (Å²) in [5.74, 6) is -0.295. The van der Waals surface area contributed by atoms with Crippen LogP contribution >= 0.6 is 22.9 Å². The molecule has 2 aromatic carbocycles. The van der Waals surface area contributed by atoms with Crippen LogP contribution in [0.25, 0.3) is 0 Å². The number of nitrogens with one attached hydrogen (secondary N) is 1. The molecule has 1 heterocycles. The second-order valence-electron chi connectivity index (χ2n) is 5.10. The molecule has 0 radical (unpaired) electrons. The van der Waals surface area contributed by atoms with Gasteiger partial charge in [0.1, 0.15) is 16.4 Å². The highest BCUT2D eigenvalue weighted by Gasteiger charge is 2.18. The Morgan fingerprint density at radius 1 is 1.15 bits per heavy atom. The highest BCUT2D eigenvalue weighted by atomic mass is 35.5. The summed E-state index contributed by atoms with van der Waals surface area (Å²) in [6.45, 7) is -2.92. The van der Waals surface area contributed by atoms with Crippen molar-refractivity contribution in [3.63, 3.8) is 0 Å². The predicted octanol–water partition coefficient (Wildman–Crippen LogP) is 4.95. The average molecular weight is 396 g/mol. The molecule has 0 saturated heterocycles. The van der Waals surface area contributed by atoms with Crippen LogP contribution in [-0.2, 0) is 0 Å². The average Bonchev–Trinajstić information content (AvgIpc) is 2.97. The van der Waals surface area contributed by atoms with E-state index in [2.05, 4.69) is 15.0 Å². The fourth-order valence-corrected chi connectivity index (χ4v) is 3.12. The second-order valence-corrected chi connectivity index (χ2v) is 6.53. The van der Waals surface area contributed by atoms with Crippen LogP contribution in [0.2, 0.25) is 5.02 Å². The molecule has 0 amide bonds. The van der Waals surface area contributed by atoms with Gasteiger partial charge in [-0.3, -0.25) is 4.79 Å². The summed E-state index contributed by atoms with van der Waals surface area (Å²) >= 11 is 6.93. The third kappa shape index (κ3) is 4.27. The summed E-state index contributed by atoms with van der Waals surface area (Å²) in [7, 11) is 0. The van der Waals surface area contributed by atoms with E-state index in [9.17, 15) is 13.6 Å². The van der Waals surface area contributed by atoms with E-state index in [0.717, 1.165) is 17.0 Å². The van der Waals surface area contributed by atoms with Crippen LogP contribution < -0.4 is 15.8 Å². The molecular formula is C17H12ClF2N3O2S. The highest BCUT2D eigenvalue weighted by Crippen LogP contribution is 2.30. The van der Waals surface area contributed by atoms with Crippen molar-refractivity contribution in [2.45, 2.75) is 6.61 Å². The zero-order chi connectivity index (χ0) is 18.7. The molecule has 3 aromatic rings. The number of nitrogen functional groups attached to an aromatic ring is 1. The third-order valence-electron chi connectivity index (χ3n) is 3.30. The van der Waals surface area contributed by atoms with E-state index in [0.29, 0.717) is 15.7 Å². The van der Waals surface area contributed by atoms with Crippen LogP contribution in [0.3, 0.4) is 0 Å². The van der Waals surface area contributed by atoms with Gasteiger partial charge in [0.2, 0.25) is 5.78 Å². The highest BCUT2D eigenvalue weighted by molar-refractivity contribution is 7.18. The van der Waals surface area contributed by atoms with Gasteiger partial charge in [-0.1, -0.05) is 22.9 Å². The minimum absolute atomic E-state index is 0.0288. The van der Waals surface area contributed by atoms with E-state index < -0.39 is 6.61 Å². The molecule has 0 saturated carbocycles. The van der Waals surface area contributed by atoms with Crippen molar-refractivity contribution in [1.29, 1.82) is 0 Å². The first-order valence-electron chi connectivity index (χ1n) is 7.31. The van der Waals surface area contributed by atoms with Gasteiger partial charge in [0, 0.05) is 16.3 Å². The Morgan fingerprint density at radius 2 is 1.81 bits per heavy atom. The largest absolute Gasteiger partial charge is 0.435 e. The smallest absolute Gasteiger partial charge is 0.387 e. The first-order chi connectivity index (χ1) is 12.4. The van der Waals surface area contributed by atoms with E-state index in [-0.39, 0.29) is 22.2 Å². The maximum absolute atomic E-state index is 12.6. The molecule has 0 aliphatic heterocycles. The van der Waals surface area contributed by atoms with Crippen LogP contribution in [-0.4, -0.2) is 17.4 Å². The molecule has 5 nitrogen and oxygen atoms in total. The number of nitrogens with two attached hydrogens (primary N) is 1. The van der Waals surface area contributed by atoms with Crippen molar-refractivity contribution in [3.8, 4) is 5.75 Å². The molecule has 0 bridgehead atoms. The Hall–Kier alpha value is -2.71. The predicted molar refractivity (Wildman–Crippen MR) is 97.8 cm³/mol. The van der Waals surface area contributed by atoms with Crippen molar-refractivity contribution >= 4 is 45.4 Å². The number of hydrogen-bond donors (Lipinski definition) is 2. The number of rotatable bonds is 6. The van der Waals surface area contributed by atoms with Crippen molar-refractivity contribution in [2.24, 2.45) is 0 Å². The SMILES string of the molecule is Nc1nc(Nc2ccc(Cl)cc2)sc1C(=O)c1ccc(OC(F)F)cc1. The minimum atomic E-state index is -2.92. The van der Waals surface area contributed by atoms with Gasteiger partial charge in [-0.2, -0.15) is 8.78 Å². The fraction of sp³-hybridized carbons (Fsp3) is 0.0588. The van der Waals surface area contributed by atoms with Crippen LogP contribution in [0, 0.1) is 0 Å². The number of ketones is 1. The summed E-state index contributed by atoms with van der Waals surface area (Å²) < 4.78 is 28.6. The van der Waals surface area contributed by atoms with Gasteiger partial charge in [-0.05, 0) is 48.5 Å². The van der Waals surface area contributed by atoms with Gasteiger partial charge in [0.05, 0.1) is 0 Å². The number of hydrogen-bond acceptors (Lipinski definition) is 6. The van der Waals surface area contributed by atoms with E-state index in [1.54, 1.807) is 24.3 Å². The summed E-state index contributed by atoms with van der Waals surface area (Å²) in [6, 6.07) is 12.3. The van der Waals surface area contributed by atoms with Crippen LogP contribution in [0.1, 0.15) is 15.2 Å². The molecule has 3 N–H and O–H groups in total. The molecule has 26 heavy (non-hydrogen) atoms. The van der Waals surface area contributed by atoms with Crippen molar-refractivity contribution in [2.75, 3.05) is 11.1 Å². The maximum Gasteiger partial charge on any atom is 0.387 e. The quantitative estimate of drug-likeness (QED) is 0.577. The molecule has 0 spiro atoms. The van der Waals surface area contributed by atoms with Crippen LogP contribution in [0.5, 0.6) is 5.75 Å². The molecular weight excluding hydrogens is 384 g/mol. The molecule has 3 rings (SSSR count). The standard InChI is InChI=1S/C17H12ClF2N3O2S/c18-10-3-5-11(6-4-10)22-17-23-15(21)14(26-17)13(24)9-1-7-12(8-2-9)25-16(19)20/h1-8,16H,21H2,(H,22,23). The Kier molecular flexibility index (Phi) is 5.34. The lowest BCUT2D eigenvalue weighted by Crippen LogP contribution is -2.04. The number of halogens is 3. The summed E-state index contributed by atoms with van der Waals surface area (Å²) in [6.07, 6.45) is 0. The van der Waals surface area contributed by atoms with E-state index in [4.69, 9.17) is 17.3 Å². The van der Waals surface area contributed by atoms with E-state index >= 15 is 0 Å². The number of carbonyl (C=O) groups is 1. The van der Waals surface area contributed by atoms with Gasteiger partial charge in [-0.15, -0.1) is 0 Å². The Labute approximate surface area is 156 Å². The van der Waals surface area contributed by atoms with Gasteiger partial charge in [-0.25, -0.2) is 4.98 Å². The monoisotopic (exact) mass is 395 g/mol. The normalized spacial score (nSPS) is 10.8. The Morgan fingerprint density at radius 3 is 2.42 bits per heavy atom. The van der Waals surface area contributed by atoms with E-state index in [1.807, 2.05) is 0 Å². The summed E-state index contributed by atoms with van der Waals surface area (Å²) in [4.78, 5) is 17.0. The fourth-order valence-electron chi connectivity index (χ4n) is 2.12. The van der Waals surface area contributed by atoms with Crippen molar-refractivity contribution < 1.29 is 18.3 Å². The minimum Gasteiger partial charge on any atom is -0.435 e. The molecule has 134 valence electrons. The molecule has 1 aromatic heterocycles. The molecule has 0 aliphatic carbocycles. The number of carbonyl (C=O) groups excluding carboxylic acids is 1. The van der Waals surface area contributed by atoms with E-state index in [1.165, 1.54) is 24.3 Å². The second kappa shape index (κ2) is 7.67. The van der Waals surface area contributed by atoms with Gasteiger partial charge in [0.25, 0.3) is 0 Å². The summed E-state index contributed by atoms with van der Waals surface area (Å²) in [5.41, 5.74) is 6.88. The number of aromatic nitrogens is 1. The summed E-state index contributed by atoms with van der Waals surface area (Å²) in [5, 5.41) is 4.09. The lowest BCUT2D eigenvalue weighted by Gasteiger charge is -2.05. The maximum atomic E-state index is 12.6. The molecule has 0 unspecified atom stereocenters. The van der Waals surface area contributed by atoms with Crippen molar-refractivity contribution in [3.05, 3.63) is 64.0 Å². The van der Waals surface area contributed by atoms with Crippen LogP contribution in [0.15, 0.2) is 48.5 Å². The Bertz CT molecular complexity index is 915. The number of anilines is 3. The topological polar surface area (TPSA) is 77.2 Å². The van der Waals surface area contributed by atoms with Gasteiger partial charge >= 0.3 is 6.61 Å². The van der Waals surface area contributed by atoms with Crippen LogP contribution in [0.4, 0.5) is 25.4 Å². The van der Waals surface area contributed by atoms with Crippen molar-refractivity contribution in [1.82, 2.24) is 4.98 Å². The molecule has 0 fully saturated rings. The molecule has 0 atom stereocenters. The zero-order valence-electron chi connectivity index (χ0n) is 13.1. The Balaban J connectivity index is 1.77. The third-order valence-corrected chi connectivity index (χ3v) is 4.53. The zero-order valence-corrected chi connectivity index (χ0v) is 14.7. The first kappa shape index (κ1) is 18.1. The number of alkyl halides is 2. The number of thiazole rings is 1. The first-order valence-corrected chi connectivity index (χ1v) is 8.50. The van der Waals surface area contributed by atoms with Gasteiger partial charge in [0.15, 0.2) is 5.13 Å².